The van der Waals surface area contributed by atoms with E-state index in [1.807, 2.05) is 134 Å². The van der Waals surface area contributed by atoms with Gasteiger partial charge in [0.05, 0.1) is 29.3 Å². The molecule has 2 heterocycles. The highest BCUT2D eigenvalue weighted by atomic mass is 35.5. The number of carbonyl (C=O) groups excluding carboxylic acids is 1. The third-order valence-electron chi connectivity index (χ3n) is 12.3. The lowest BCUT2D eigenvalue weighted by molar-refractivity contribution is -0.253. The molecule has 0 spiro atoms. The Hall–Kier alpha value is -5.21. The van der Waals surface area contributed by atoms with Crippen molar-refractivity contribution in [3.05, 3.63) is 196 Å². The van der Waals surface area contributed by atoms with E-state index in [1.165, 1.54) is 12.1 Å². The van der Waals surface area contributed by atoms with Crippen molar-refractivity contribution in [3.63, 3.8) is 0 Å². The molecule has 2 fully saturated rings. The summed E-state index contributed by atoms with van der Waals surface area (Å²) in [5.41, 5.74) is 7.26. The highest BCUT2D eigenvalue weighted by Crippen LogP contribution is 2.40. The van der Waals surface area contributed by atoms with Gasteiger partial charge in [-0.15, -0.1) is 0 Å². The number of sulfonamides is 1. The largest absolute Gasteiger partial charge is 0.392 e. The van der Waals surface area contributed by atoms with Crippen LogP contribution >= 0.6 is 11.6 Å². The average Bonchev–Trinajstić information content (AvgIpc) is 3.32. The maximum Gasteiger partial charge on any atom is 0.241 e. The van der Waals surface area contributed by atoms with Crippen LogP contribution < -0.4 is 10.0 Å². The summed E-state index contributed by atoms with van der Waals surface area (Å²) in [5, 5.41) is 24.8. The Morgan fingerprint density at radius 1 is 0.781 bits per heavy atom. The second-order valence-corrected chi connectivity index (χ2v) is 19.1. The summed E-state index contributed by atoms with van der Waals surface area (Å²) in [6.07, 6.45) is 1.05. The number of aliphatic hydroxyl groups is 2. The van der Waals surface area contributed by atoms with Crippen LogP contribution in [0, 0.1) is 6.92 Å². The fraction of sp³-hybridized carbons (Fsp3) is 0.288. The van der Waals surface area contributed by atoms with Crippen molar-refractivity contribution in [2.75, 3.05) is 19.6 Å². The second kappa shape index (κ2) is 20.3. The van der Waals surface area contributed by atoms with E-state index < -0.39 is 33.9 Å². The van der Waals surface area contributed by atoms with Crippen molar-refractivity contribution in [1.29, 1.82) is 0 Å². The molecule has 4 unspecified atom stereocenters. The molecule has 0 saturated carbocycles. The molecule has 2 aliphatic rings. The Morgan fingerprint density at radius 2 is 1.45 bits per heavy atom. The number of aryl methyl sites for hydroxylation is 1. The van der Waals surface area contributed by atoms with E-state index in [-0.39, 0.29) is 36.7 Å². The van der Waals surface area contributed by atoms with Crippen LogP contribution in [0.1, 0.15) is 70.6 Å². The van der Waals surface area contributed by atoms with Gasteiger partial charge in [-0.2, -0.15) is 4.72 Å². The number of rotatable bonds is 15. The predicted molar refractivity (Wildman–Crippen MR) is 249 cm³/mol. The third-order valence-corrected chi connectivity index (χ3v) is 14.0. The molecular weight excluding hydrogens is 846 g/mol. The number of nitrogens with zero attached hydrogens (tertiary/aromatic N) is 1. The number of aliphatic hydroxyl groups excluding tert-OH is 1. The van der Waals surface area contributed by atoms with Gasteiger partial charge < -0.3 is 29.9 Å². The summed E-state index contributed by atoms with van der Waals surface area (Å²) in [5.74, 6) is -0.428. The summed E-state index contributed by atoms with van der Waals surface area (Å²) in [7, 11) is -3.97. The lowest BCUT2D eigenvalue weighted by Crippen LogP contribution is -2.47. The molecule has 64 heavy (non-hydrogen) atoms. The van der Waals surface area contributed by atoms with E-state index >= 15 is 0 Å². The monoisotopic (exact) mass is 899 g/mol. The van der Waals surface area contributed by atoms with Crippen LogP contribution in [0.4, 0.5) is 0 Å². The number of benzene rings is 6. The minimum atomic E-state index is -3.97. The Kier molecular flexibility index (Phi) is 14.4. The maximum atomic E-state index is 13.7. The Labute approximate surface area is 380 Å². The highest BCUT2D eigenvalue weighted by Gasteiger charge is 2.37. The molecule has 2 saturated heterocycles. The van der Waals surface area contributed by atoms with E-state index in [0.717, 1.165) is 63.2 Å². The van der Waals surface area contributed by atoms with Gasteiger partial charge in [0, 0.05) is 43.2 Å². The molecule has 4 atom stereocenters. The Morgan fingerprint density at radius 3 is 2.14 bits per heavy atom. The standard InChI is InChI=1S/C52H54ClN3O7S/c1-36-10-24-47(25-11-36)64(60,61)55-48(31-37-6-3-2-4-7-37)50(58)54-33-39-8-5-9-43(30-39)40-16-18-42(19-17-40)51-62-46(32-49(63-51)41-14-12-38(35-57)13-15-41)34-56-28-26-52(59,27-29-56)44-20-22-45(53)23-21-44/h2-25,30,46,48-49,51,55,57,59H,26-29,31-35H2,1H3,(H,54,58). The maximum absolute atomic E-state index is 13.7. The summed E-state index contributed by atoms with van der Waals surface area (Å²) in [6.45, 7) is 4.18. The molecule has 8 rings (SSSR count). The quantitative estimate of drug-likeness (QED) is 0.0806. The van der Waals surface area contributed by atoms with Gasteiger partial charge >= 0.3 is 0 Å². The van der Waals surface area contributed by atoms with Gasteiger partial charge in [-0.05, 0) is 95.5 Å². The zero-order valence-corrected chi connectivity index (χ0v) is 37.3. The number of ether oxygens (including phenoxy) is 2. The van der Waals surface area contributed by atoms with E-state index in [4.69, 9.17) is 21.1 Å². The second-order valence-electron chi connectivity index (χ2n) is 16.9. The zero-order chi connectivity index (χ0) is 44.7. The Bertz CT molecular complexity index is 2590. The number of hydrogen-bond donors (Lipinski definition) is 4. The number of piperidine rings is 1. The fourth-order valence-corrected chi connectivity index (χ4v) is 9.81. The molecule has 6 aromatic rings. The lowest BCUT2D eigenvalue weighted by Gasteiger charge is -2.42. The molecule has 0 aliphatic carbocycles. The number of nitrogens with one attached hydrogen (secondary N) is 2. The molecule has 0 aromatic heterocycles. The molecule has 332 valence electrons. The molecule has 1 amide bonds. The summed E-state index contributed by atoms with van der Waals surface area (Å²) in [6, 6.07) is 46.2. The minimum absolute atomic E-state index is 0.0322. The number of likely N-dealkylation sites (tertiary alicyclic amines) is 1. The number of amides is 1. The molecule has 6 aromatic carbocycles. The van der Waals surface area contributed by atoms with Crippen LogP contribution in [-0.2, 0) is 49.5 Å². The normalized spacial score (nSPS) is 19.5. The fourth-order valence-electron chi connectivity index (χ4n) is 8.49. The van der Waals surface area contributed by atoms with E-state index in [2.05, 4.69) is 14.9 Å². The molecule has 0 radical (unpaired) electrons. The smallest absolute Gasteiger partial charge is 0.241 e. The first-order valence-corrected chi connectivity index (χ1v) is 23.6. The van der Waals surface area contributed by atoms with Crippen molar-refractivity contribution in [2.24, 2.45) is 0 Å². The molecule has 12 heteroatoms. The van der Waals surface area contributed by atoms with Gasteiger partial charge in [0.25, 0.3) is 0 Å². The van der Waals surface area contributed by atoms with Crippen molar-refractivity contribution < 1.29 is 32.9 Å². The molecule has 2 aliphatic heterocycles. The van der Waals surface area contributed by atoms with Gasteiger partial charge in [-0.25, -0.2) is 8.42 Å². The van der Waals surface area contributed by atoms with Gasteiger partial charge in [-0.3, -0.25) is 4.79 Å². The van der Waals surface area contributed by atoms with Crippen LogP contribution in [0.25, 0.3) is 11.1 Å². The van der Waals surface area contributed by atoms with E-state index in [1.54, 1.807) is 12.1 Å². The Balaban J connectivity index is 0.936. The first-order chi connectivity index (χ1) is 30.9. The molecule has 0 bridgehead atoms. The molecule has 4 N–H and O–H groups in total. The van der Waals surface area contributed by atoms with Gasteiger partial charge in [0.15, 0.2) is 6.29 Å². The number of carbonyl (C=O) groups is 1. The summed E-state index contributed by atoms with van der Waals surface area (Å²) >= 11 is 6.12. The molecular formula is C52H54ClN3O7S. The van der Waals surface area contributed by atoms with Crippen LogP contribution in [0.15, 0.2) is 157 Å². The van der Waals surface area contributed by atoms with Crippen molar-refractivity contribution in [2.45, 2.75) is 80.8 Å². The minimum Gasteiger partial charge on any atom is -0.392 e. The van der Waals surface area contributed by atoms with Crippen molar-refractivity contribution in [3.8, 4) is 11.1 Å². The first-order valence-electron chi connectivity index (χ1n) is 21.7. The van der Waals surface area contributed by atoms with E-state index in [9.17, 15) is 23.4 Å². The zero-order valence-electron chi connectivity index (χ0n) is 35.8. The SMILES string of the molecule is Cc1ccc(S(=O)(=O)NC(Cc2ccccc2)C(=O)NCc2cccc(-c3ccc(C4OC(CN5CCC(O)(c6ccc(Cl)cc6)CC5)CC(c5ccc(CO)cc5)O4)cc3)c2)cc1. The first kappa shape index (κ1) is 45.4. The van der Waals surface area contributed by atoms with Crippen LogP contribution in [-0.4, -0.2) is 61.2 Å². The average molecular weight is 901 g/mol. The molecule has 10 nitrogen and oxygen atoms in total. The van der Waals surface area contributed by atoms with Crippen LogP contribution in [0.5, 0.6) is 0 Å². The number of hydrogen-bond acceptors (Lipinski definition) is 8. The van der Waals surface area contributed by atoms with Crippen molar-refractivity contribution in [1.82, 2.24) is 14.9 Å². The van der Waals surface area contributed by atoms with Gasteiger partial charge in [0.2, 0.25) is 15.9 Å². The topological polar surface area (TPSA) is 137 Å². The summed E-state index contributed by atoms with van der Waals surface area (Å²) in [4.78, 5) is 16.2. The van der Waals surface area contributed by atoms with Gasteiger partial charge in [-0.1, -0.05) is 138 Å². The third kappa shape index (κ3) is 11.4. The lowest BCUT2D eigenvalue weighted by atomic mass is 9.84. The summed E-state index contributed by atoms with van der Waals surface area (Å²) < 4.78 is 42.8. The highest BCUT2D eigenvalue weighted by molar-refractivity contribution is 7.89. The van der Waals surface area contributed by atoms with Crippen LogP contribution in [0.2, 0.25) is 5.02 Å². The predicted octanol–water partition coefficient (Wildman–Crippen LogP) is 8.54. The van der Waals surface area contributed by atoms with Crippen molar-refractivity contribution >= 4 is 27.5 Å². The van der Waals surface area contributed by atoms with Crippen LogP contribution in [0.3, 0.4) is 0 Å². The van der Waals surface area contributed by atoms with E-state index in [0.29, 0.717) is 30.8 Å². The van der Waals surface area contributed by atoms with Gasteiger partial charge in [0.1, 0.15) is 6.04 Å². The number of halogens is 1.